The zero-order valence-electron chi connectivity index (χ0n) is 20.7. The fraction of sp³-hybridized carbons (Fsp3) is 0.370. The number of para-hydroxylation sites is 1. The quantitative estimate of drug-likeness (QED) is 0.470. The van der Waals surface area contributed by atoms with Gasteiger partial charge in [-0.25, -0.2) is 14.4 Å². The van der Waals surface area contributed by atoms with Gasteiger partial charge in [0, 0.05) is 36.4 Å². The largest absolute Gasteiger partial charge is 0.419 e. The molecule has 5 rings (SSSR count). The van der Waals surface area contributed by atoms with Crippen LogP contribution in [-0.4, -0.2) is 52.1 Å². The maximum atomic E-state index is 14.7. The molecule has 0 bridgehead atoms. The summed E-state index contributed by atoms with van der Waals surface area (Å²) in [6.07, 6.45) is -4.32. The molecule has 2 aliphatic rings. The number of likely N-dealkylation sites (tertiary alicyclic amines) is 1. The summed E-state index contributed by atoms with van der Waals surface area (Å²) in [5.41, 5.74) is -0.566. The number of aromatic nitrogens is 2. The van der Waals surface area contributed by atoms with E-state index in [1.165, 1.54) is 12.1 Å². The molecule has 0 radical (unpaired) electrons. The number of carbonyl (C=O) groups excluding carboxylic acids is 1. The Bertz CT molecular complexity index is 1350. The summed E-state index contributed by atoms with van der Waals surface area (Å²) in [5.74, 6) is -0.709. The second-order valence-electron chi connectivity index (χ2n) is 9.64. The van der Waals surface area contributed by atoms with Crippen molar-refractivity contribution in [3.63, 3.8) is 0 Å². The monoisotopic (exact) mass is 529 g/mol. The van der Waals surface area contributed by atoms with Crippen molar-refractivity contribution in [1.29, 1.82) is 0 Å². The van der Waals surface area contributed by atoms with E-state index in [0.29, 0.717) is 60.7 Å². The van der Waals surface area contributed by atoms with Crippen molar-refractivity contribution in [2.75, 3.05) is 36.5 Å². The lowest BCUT2D eigenvalue weighted by atomic mass is 9.76. The average Bonchev–Trinajstić information content (AvgIpc) is 3.30. The van der Waals surface area contributed by atoms with Gasteiger partial charge in [-0.2, -0.15) is 13.2 Å². The van der Waals surface area contributed by atoms with Crippen molar-refractivity contribution in [3.8, 4) is 0 Å². The molecule has 11 heteroatoms. The SMILES string of the molecule is Cc1nc(NCc2cccc(C(F)(F)F)c2F)c2c(n1)C1(CCN(CCO)C1)C(=O)N(c1ccccc1)C2. The number of β-amino-alcohol motifs (C(OH)–C–C–N with tert-alkyl or cyclic N) is 1. The molecule has 1 aromatic heterocycles. The first-order valence-electron chi connectivity index (χ1n) is 12.3. The molecule has 1 spiro atoms. The van der Waals surface area contributed by atoms with Crippen LogP contribution >= 0.6 is 0 Å². The molecule has 3 aromatic rings. The van der Waals surface area contributed by atoms with E-state index in [4.69, 9.17) is 4.98 Å². The number of anilines is 2. The zero-order valence-corrected chi connectivity index (χ0v) is 20.7. The Morgan fingerprint density at radius 3 is 2.58 bits per heavy atom. The lowest BCUT2D eigenvalue weighted by Gasteiger charge is -2.40. The summed E-state index contributed by atoms with van der Waals surface area (Å²) in [6.45, 7) is 2.92. The number of benzene rings is 2. The first-order valence-corrected chi connectivity index (χ1v) is 12.3. The summed E-state index contributed by atoms with van der Waals surface area (Å²) in [6, 6.07) is 12.3. The number of carbonyl (C=O) groups is 1. The maximum Gasteiger partial charge on any atom is 0.419 e. The van der Waals surface area contributed by atoms with Crippen LogP contribution in [0.5, 0.6) is 0 Å². The second-order valence-corrected chi connectivity index (χ2v) is 9.64. The van der Waals surface area contributed by atoms with Gasteiger partial charge >= 0.3 is 6.18 Å². The Morgan fingerprint density at radius 1 is 1.11 bits per heavy atom. The van der Waals surface area contributed by atoms with Crippen molar-refractivity contribution in [2.45, 2.75) is 38.0 Å². The molecule has 1 unspecified atom stereocenters. The van der Waals surface area contributed by atoms with Crippen molar-refractivity contribution in [1.82, 2.24) is 14.9 Å². The summed E-state index contributed by atoms with van der Waals surface area (Å²) in [4.78, 5) is 26.9. The number of alkyl halides is 3. The van der Waals surface area contributed by atoms with E-state index >= 15 is 0 Å². The predicted molar refractivity (Wildman–Crippen MR) is 133 cm³/mol. The van der Waals surface area contributed by atoms with Crippen LogP contribution in [0.25, 0.3) is 0 Å². The first kappa shape index (κ1) is 26.1. The van der Waals surface area contributed by atoms with Gasteiger partial charge in [0.15, 0.2) is 0 Å². The van der Waals surface area contributed by atoms with E-state index in [2.05, 4.69) is 10.3 Å². The number of nitrogens with one attached hydrogen (secondary N) is 1. The molecule has 1 saturated heterocycles. The third kappa shape index (κ3) is 4.60. The van der Waals surface area contributed by atoms with Crippen LogP contribution in [0.15, 0.2) is 48.5 Å². The Balaban J connectivity index is 1.56. The summed E-state index contributed by atoms with van der Waals surface area (Å²) < 4.78 is 54.4. The number of aliphatic hydroxyl groups excluding tert-OH is 1. The van der Waals surface area contributed by atoms with Gasteiger partial charge in [-0.15, -0.1) is 0 Å². The molecule has 0 saturated carbocycles. The third-order valence-corrected chi connectivity index (χ3v) is 7.21. The molecule has 0 aliphatic carbocycles. The predicted octanol–water partition coefficient (Wildman–Crippen LogP) is 4.04. The summed E-state index contributed by atoms with van der Waals surface area (Å²) in [5, 5.41) is 12.5. The number of fused-ring (bicyclic) bond motifs is 2. The smallest absolute Gasteiger partial charge is 0.395 e. The number of halogens is 4. The topological polar surface area (TPSA) is 81.6 Å². The number of aryl methyl sites for hydroxylation is 1. The molecule has 200 valence electrons. The van der Waals surface area contributed by atoms with Crippen molar-refractivity contribution >= 4 is 17.4 Å². The number of aliphatic hydroxyl groups is 1. The Labute approximate surface area is 217 Å². The fourth-order valence-electron chi connectivity index (χ4n) is 5.40. The molecule has 1 atom stereocenters. The van der Waals surface area contributed by atoms with Crippen LogP contribution in [0.3, 0.4) is 0 Å². The van der Waals surface area contributed by atoms with E-state index in [1.807, 2.05) is 35.2 Å². The van der Waals surface area contributed by atoms with Crippen LogP contribution < -0.4 is 10.2 Å². The van der Waals surface area contributed by atoms with Gasteiger partial charge in [0.05, 0.1) is 24.4 Å². The van der Waals surface area contributed by atoms with Gasteiger partial charge in [-0.3, -0.25) is 9.69 Å². The average molecular weight is 530 g/mol. The van der Waals surface area contributed by atoms with Gasteiger partial charge in [-0.1, -0.05) is 30.3 Å². The molecule has 3 heterocycles. The zero-order chi connectivity index (χ0) is 27.1. The standard InChI is InChI=1S/C27H27F4N5O2/c1-17-33-23-20(24(34-17)32-14-18-6-5-9-21(22(18)28)27(29,30)31)15-36(19-7-3-2-4-8-19)25(38)26(23)10-11-35(16-26)12-13-37/h2-9,37H,10-16H2,1H3,(H,32,33,34). The Hall–Kier alpha value is -3.57. The number of amides is 1. The van der Waals surface area contributed by atoms with E-state index in [0.717, 1.165) is 0 Å². The molecular weight excluding hydrogens is 502 g/mol. The Morgan fingerprint density at radius 2 is 1.87 bits per heavy atom. The Kier molecular flexibility index (Phi) is 6.83. The highest BCUT2D eigenvalue weighted by atomic mass is 19.4. The third-order valence-electron chi connectivity index (χ3n) is 7.21. The van der Waals surface area contributed by atoms with Crippen molar-refractivity contribution in [2.24, 2.45) is 0 Å². The minimum Gasteiger partial charge on any atom is -0.395 e. The van der Waals surface area contributed by atoms with E-state index < -0.39 is 23.0 Å². The van der Waals surface area contributed by atoms with Crippen LogP contribution in [0.4, 0.5) is 29.1 Å². The van der Waals surface area contributed by atoms with Crippen molar-refractivity contribution in [3.05, 3.63) is 82.6 Å². The number of hydrogen-bond acceptors (Lipinski definition) is 6. The lowest BCUT2D eigenvalue weighted by molar-refractivity contribution is -0.140. The second kappa shape index (κ2) is 9.95. The van der Waals surface area contributed by atoms with Gasteiger partial charge in [-0.05, 0) is 38.1 Å². The summed E-state index contributed by atoms with van der Waals surface area (Å²) >= 11 is 0. The maximum absolute atomic E-state index is 14.7. The van der Waals surface area contributed by atoms with Crippen LogP contribution in [-0.2, 0) is 29.5 Å². The van der Waals surface area contributed by atoms with E-state index in [-0.39, 0.29) is 31.2 Å². The summed E-state index contributed by atoms with van der Waals surface area (Å²) in [7, 11) is 0. The minimum atomic E-state index is -4.81. The molecule has 7 nitrogen and oxygen atoms in total. The fourth-order valence-corrected chi connectivity index (χ4v) is 5.40. The number of nitrogens with zero attached hydrogens (tertiary/aromatic N) is 4. The number of hydrogen-bond donors (Lipinski definition) is 2. The highest BCUT2D eigenvalue weighted by molar-refractivity contribution is 6.03. The van der Waals surface area contributed by atoms with Gasteiger partial charge in [0.25, 0.3) is 0 Å². The van der Waals surface area contributed by atoms with Gasteiger partial charge in [0.2, 0.25) is 5.91 Å². The molecule has 2 aromatic carbocycles. The normalized spacial score (nSPS) is 19.7. The highest BCUT2D eigenvalue weighted by Gasteiger charge is 2.53. The van der Waals surface area contributed by atoms with Crippen LogP contribution in [0, 0.1) is 12.7 Å². The van der Waals surface area contributed by atoms with E-state index in [9.17, 15) is 27.5 Å². The molecule has 1 amide bonds. The highest BCUT2D eigenvalue weighted by Crippen LogP contribution is 2.44. The lowest BCUT2D eigenvalue weighted by Crippen LogP contribution is -2.53. The van der Waals surface area contributed by atoms with Crippen LogP contribution in [0.1, 0.15) is 34.6 Å². The first-order chi connectivity index (χ1) is 18.1. The molecule has 2 N–H and O–H groups in total. The van der Waals surface area contributed by atoms with E-state index in [1.54, 1.807) is 11.8 Å². The van der Waals surface area contributed by atoms with Crippen LogP contribution in [0.2, 0.25) is 0 Å². The van der Waals surface area contributed by atoms with Gasteiger partial charge < -0.3 is 15.3 Å². The van der Waals surface area contributed by atoms with Gasteiger partial charge in [0.1, 0.15) is 22.9 Å². The molecule has 2 aliphatic heterocycles. The number of rotatable bonds is 6. The molecule has 38 heavy (non-hydrogen) atoms. The minimum absolute atomic E-state index is 0.0440. The van der Waals surface area contributed by atoms with Crippen molar-refractivity contribution < 1.29 is 27.5 Å². The molecular formula is C27H27F4N5O2. The molecule has 1 fully saturated rings.